The van der Waals surface area contributed by atoms with Gasteiger partial charge in [0.25, 0.3) is 0 Å². The first-order valence-electron chi connectivity index (χ1n) is 5.85. The number of rotatable bonds is 1. The molecule has 0 atom stereocenters. The monoisotopic (exact) mass is 203 g/mol. The maximum Gasteiger partial charge on any atom is 0.0259 e. The van der Waals surface area contributed by atoms with Gasteiger partial charge in [0.05, 0.1) is 0 Å². The van der Waals surface area contributed by atoms with Crippen LogP contribution < -0.4 is 5.43 Å². The molecule has 0 saturated carbocycles. The van der Waals surface area contributed by atoms with Gasteiger partial charge in [-0.1, -0.05) is 34.1 Å². The predicted molar refractivity (Wildman–Crippen MR) is 65.4 cm³/mol. The summed E-state index contributed by atoms with van der Waals surface area (Å²) in [6.07, 6.45) is 1.25. The number of nitrogens with one attached hydrogen (secondary N) is 1. The van der Waals surface area contributed by atoms with Crippen LogP contribution in [0.3, 0.4) is 0 Å². The van der Waals surface area contributed by atoms with E-state index in [2.05, 4.69) is 36.2 Å². The molecule has 3 nitrogen and oxygen atoms in total. The molecule has 0 unspecified atom stereocenters. The molecule has 1 rings (SSSR count). The van der Waals surface area contributed by atoms with Crippen molar-refractivity contribution in [1.82, 2.24) is 15.3 Å². The number of hydrazine groups is 1. The first-order chi connectivity index (χ1) is 6.74. The van der Waals surface area contributed by atoms with Crippen molar-refractivity contribution >= 4 is 0 Å². The predicted octanol–water partition coefficient (Wildman–Crippen LogP) is 1.81. The number of piperazine rings is 1. The number of hydrogen-bond acceptors (Lipinski definition) is 3. The van der Waals surface area contributed by atoms with Gasteiger partial charge in [-0.15, -0.1) is 0 Å². The van der Waals surface area contributed by atoms with Crippen LogP contribution in [-0.4, -0.2) is 50.2 Å². The fourth-order valence-corrected chi connectivity index (χ4v) is 1.03. The summed E-state index contributed by atoms with van der Waals surface area (Å²) in [4.78, 5) is 2.34. The van der Waals surface area contributed by atoms with Crippen LogP contribution in [0.15, 0.2) is 0 Å². The number of nitrogens with zero attached hydrogens (tertiary/aromatic N) is 2. The number of hydrogen-bond donors (Lipinski definition) is 1. The highest BCUT2D eigenvalue weighted by atomic mass is 15.5. The second-order valence-electron chi connectivity index (χ2n) is 3.22. The molecule has 0 aliphatic carbocycles. The van der Waals surface area contributed by atoms with E-state index in [-0.39, 0.29) is 0 Å². The van der Waals surface area contributed by atoms with Crippen molar-refractivity contribution < 1.29 is 0 Å². The summed E-state index contributed by atoms with van der Waals surface area (Å²) in [5.41, 5.74) is 3.13. The van der Waals surface area contributed by atoms with Crippen LogP contribution in [0.4, 0.5) is 0 Å². The zero-order chi connectivity index (χ0) is 11.4. The zero-order valence-corrected chi connectivity index (χ0v) is 10.9. The Balaban J connectivity index is 0. The van der Waals surface area contributed by atoms with Crippen molar-refractivity contribution in [3.63, 3.8) is 0 Å². The topological polar surface area (TPSA) is 18.5 Å². The smallest absolute Gasteiger partial charge is 0.0259 e. The molecule has 0 radical (unpaired) electrons. The Morgan fingerprint density at radius 1 is 1.00 bits per heavy atom. The molecule has 0 amide bonds. The molecule has 14 heavy (non-hydrogen) atoms. The Hall–Kier alpha value is -0.120. The van der Waals surface area contributed by atoms with Crippen molar-refractivity contribution in [2.24, 2.45) is 0 Å². The molecule has 0 spiro atoms. The van der Waals surface area contributed by atoms with E-state index >= 15 is 0 Å². The lowest BCUT2D eigenvalue weighted by molar-refractivity contribution is 0.115. The molecule has 0 aromatic heterocycles. The van der Waals surface area contributed by atoms with Crippen LogP contribution in [0.2, 0.25) is 0 Å². The first kappa shape index (κ1) is 16.3. The van der Waals surface area contributed by atoms with E-state index < -0.39 is 0 Å². The highest BCUT2D eigenvalue weighted by Gasteiger charge is 2.10. The van der Waals surface area contributed by atoms with Gasteiger partial charge in [-0.25, -0.2) is 5.01 Å². The molecule has 1 N–H and O–H groups in total. The average Bonchev–Trinajstić information content (AvgIpc) is 2.23. The second kappa shape index (κ2) is 12.9. The molecule has 1 fully saturated rings. The Morgan fingerprint density at radius 3 is 1.64 bits per heavy atom. The van der Waals surface area contributed by atoms with E-state index in [1.165, 1.54) is 19.5 Å². The SMILES string of the molecule is CC.CCC.CNN1CCN(C)CC1. The average molecular weight is 203 g/mol. The van der Waals surface area contributed by atoms with E-state index in [0.29, 0.717) is 0 Å². The third-order valence-corrected chi connectivity index (χ3v) is 1.82. The van der Waals surface area contributed by atoms with Crippen LogP contribution in [-0.2, 0) is 0 Å². The lowest BCUT2D eigenvalue weighted by atomic mass is 10.4. The molecule has 1 saturated heterocycles. The van der Waals surface area contributed by atoms with Gasteiger partial charge in [0.1, 0.15) is 0 Å². The lowest BCUT2D eigenvalue weighted by Crippen LogP contribution is -2.49. The number of likely N-dealkylation sites (N-methyl/N-ethyl adjacent to an activating group) is 1. The second-order valence-corrected chi connectivity index (χ2v) is 3.22. The van der Waals surface area contributed by atoms with Gasteiger partial charge in [-0.2, -0.15) is 0 Å². The summed E-state index contributed by atoms with van der Waals surface area (Å²) in [5.74, 6) is 0. The third-order valence-electron chi connectivity index (χ3n) is 1.82. The highest BCUT2D eigenvalue weighted by molar-refractivity contribution is 4.64. The minimum absolute atomic E-state index is 1.15. The Labute approximate surface area is 90.4 Å². The molecular formula is C11H29N3. The van der Waals surface area contributed by atoms with Crippen molar-refractivity contribution in [3.05, 3.63) is 0 Å². The first-order valence-corrected chi connectivity index (χ1v) is 5.85. The maximum absolute atomic E-state index is 3.13. The fraction of sp³-hybridized carbons (Fsp3) is 1.00. The van der Waals surface area contributed by atoms with Crippen LogP contribution in [0.5, 0.6) is 0 Å². The zero-order valence-electron chi connectivity index (χ0n) is 10.9. The van der Waals surface area contributed by atoms with E-state index in [1.54, 1.807) is 0 Å². The van der Waals surface area contributed by atoms with Gasteiger partial charge in [-0.3, -0.25) is 5.43 Å². The summed E-state index contributed by atoms with van der Waals surface area (Å²) < 4.78 is 0. The summed E-state index contributed by atoms with van der Waals surface area (Å²) >= 11 is 0. The molecule has 1 aliphatic heterocycles. The van der Waals surface area contributed by atoms with Gasteiger partial charge in [0, 0.05) is 26.2 Å². The minimum Gasteiger partial charge on any atom is -0.304 e. The van der Waals surface area contributed by atoms with Gasteiger partial charge in [-0.05, 0) is 14.1 Å². The molecular weight excluding hydrogens is 174 g/mol. The standard InChI is InChI=1S/C6H15N3.C3H8.C2H6/c1-7-9-5-3-8(2)4-6-9;1-3-2;1-2/h7H,3-6H2,1-2H3;3H2,1-2H3;1-2H3. The van der Waals surface area contributed by atoms with E-state index in [0.717, 1.165) is 13.1 Å². The Bertz CT molecular complexity index is 88.5. The van der Waals surface area contributed by atoms with E-state index in [1.807, 2.05) is 20.9 Å². The normalized spacial score (nSPS) is 17.6. The summed E-state index contributed by atoms with van der Waals surface area (Å²) in [6.45, 7) is 12.9. The molecule has 0 aromatic rings. The minimum atomic E-state index is 1.15. The molecule has 3 heteroatoms. The Morgan fingerprint density at radius 2 is 1.36 bits per heavy atom. The third kappa shape index (κ3) is 9.96. The van der Waals surface area contributed by atoms with Crippen LogP contribution in [0.25, 0.3) is 0 Å². The van der Waals surface area contributed by atoms with E-state index in [9.17, 15) is 0 Å². The summed E-state index contributed by atoms with van der Waals surface area (Å²) in [7, 11) is 4.14. The van der Waals surface area contributed by atoms with Crippen molar-refractivity contribution in [3.8, 4) is 0 Å². The van der Waals surface area contributed by atoms with Gasteiger partial charge in [0.2, 0.25) is 0 Å². The van der Waals surface area contributed by atoms with Gasteiger partial charge < -0.3 is 4.90 Å². The van der Waals surface area contributed by atoms with Crippen molar-refractivity contribution in [1.29, 1.82) is 0 Å². The molecule has 1 aliphatic rings. The molecule has 88 valence electrons. The maximum atomic E-state index is 3.13. The molecule has 1 heterocycles. The van der Waals surface area contributed by atoms with Gasteiger partial charge in [0.15, 0.2) is 0 Å². The fourth-order valence-electron chi connectivity index (χ4n) is 1.03. The molecule has 0 bridgehead atoms. The largest absolute Gasteiger partial charge is 0.304 e. The highest BCUT2D eigenvalue weighted by Crippen LogP contribution is 1.93. The van der Waals surface area contributed by atoms with Crippen LogP contribution >= 0.6 is 0 Å². The van der Waals surface area contributed by atoms with Gasteiger partial charge >= 0.3 is 0 Å². The summed E-state index contributed by atoms with van der Waals surface area (Å²) in [5, 5.41) is 2.24. The quantitative estimate of drug-likeness (QED) is 0.701. The van der Waals surface area contributed by atoms with E-state index in [4.69, 9.17) is 0 Å². The molecule has 0 aromatic carbocycles. The summed E-state index contributed by atoms with van der Waals surface area (Å²) in [6, 6.07) is 0. The van der Waals surface area contributed by atoms with Crippen molar-refractivity contribution in [2.45, 2.75) is 34.1 Å². The van der Waals surface area contributed by atoms with Crippen LogP contribution in [0, 0.1) is 0 Å². The Kier molecular flexibility index (Phi) is 15.0. The lowest BCUT2D eigenvalue weighted by Gasteiger charge is -2.31. The van der Waals surface area contributed by atoms with Crippen molar-refractivity contribution in [2.75, 3.05) is 40.3 Å². The van der Waals surface area contributed by atoms with Crippen LogP contribution in [0.1, 0.15) is 34.1 Å².